The zero-order valence-electron chi connectivity index (χ0n) is 8.58. The van der Waals surface area contributed by atoms with Crippen LogP contribution in [0.15, 0.2) is 34.9 Å². The van der Waals surface area contributed by atoms with E-state index in [1.807, 2.05) is 0 Å². The summed E-state index contributed by atoms with van der Waals surface area (Å²) in [6.07, 6.45) is 0.108. The Bertz CT molecular complexity index is 505. The van der Waals surface area contributed by atoms with E-state index < -0.39 is 17.7 Å². The molecule has 0 saturated carbocycles. The number of benzene rings is 1. The van der Waals surface area contributed by atoms with Crippen molar-refractivity contribution in [2.75, 3.05) is 0 Å². The Labute approximate surface area is 91.1 Å². The summed E-state index contributed by atoms with van der Waals surface area (Å²) in [5.41, 5.74) is 0.564. The summed E-state index contributed by atoms with van der Waals surface area (Å²) in [7, 11) is 0. The van der Waals surface area contributed by atoms with Crippen molar-refractivity contribution in [1.82, 2.24) is 0 Å². The lowest BCUT2D eigenvalue weighted by atomic mass is 10.0. The molecule has 0 fully saturated rings. The van der Waals surface area contributed by atoms with Gasteiger partial charge in [-0.15, -0.1) is 0 Å². The smallest absolute Gasteiger partial charge is 0.140 e. The molecule has 16 heavy (non-hydrogen) atoms. The molecule has 0 saturated heterocycles. The monoisotopic (exact) mass is 224 g/mol. The standard InChI is InChI=1S/C12H10F2O2/c1-7-4-5-16-12(7)11(15)9-6-8(13)2-3-10(9)14/h2-6,11,15H,1H3. The molecule has 0 radical (unpaired) electrons. The Morgan fingerprint density at radius 3 is 2.62 bits per heavy atom. The van der Waals surface area contributed by atoms with Gasteiger partial charge in [0.05, 0.1) is 6.26 Å². The maximum atomic E-state index is 13.4. The Hall–Kier alpha value is -1.68. The third kappa shape index (κ3) is 1.84. The molecule has 1 N–H and O–H groups in total. The van der Waals surface area contributed by atoms with Crippen molar-refractivity contribution in [1.29, 1.82) is 0 Å². The van der Waals surface area contributed by atoms with Gasteiger partial charge in [0.1, 0.15) is 23.5 Å². The van der Waals surface area contributed by atoms with Crippen molar-refractivity contribution in [3.63, 3.8) is 0 Å². The van der Waals surface area contributed by atoms with Gasteiger partial charge < -0.3 is 9.52 Å². The van der Waals surface area contributed by atoms with Gasteiger partial charge in [-0.2, -0.15) is 0 Å². The van der Waals surface area contributed by atoms with Gasteiger partial charge in [-0.05, 0) is 36.8 Å². The van der Waals surface area contributed by atoms with E-state index in [0.717, 1.165) is 18.2 Å². The highest BCUT2D eigenvalue weighted by Gasteiger charge is 2.20. The van der Waals surface area contributed by atoms with E-state index in [9.17, 15) is 13.9 Å². The summed E-state index contributed by atoms with van der Waals surface area (Å²) in [5, 5.41) is 9.87. The maximum absolute atomic E-state index is 13.4. The van der Waals surface area contributed by atoms with Gasteiger partial charge in [-0.25, -0.2) is 8.78 Å². The largest absolute Gasteiger partial charge is 0.466 e. The lowest BCUT2D eigenvalue weighted by molar-refractivity contribution is 0.183. The Balaban J connectivity index is 2.45. The van der Waals surface area contributed by atoms with E-state index in [1.165, 1.54) is 6.26 Å². The zero-order chi connectivity index (χ0) is 11.7. The molecule has 1 unspecified atom stereocenters. The molecule has 0 bridgehead atoms. The molecule has 1 atom stereocenters. The fourth-order valence-corrected chi connectivity index (χ4v) is 1.53. The van der Waals surface area contributed by atoms with Crippen molar-refractivity contribution in [2.24, 2.45) is 0 Å². The van der Waals surface area contributed by atoms with Crippen molar-refractivity contribution >= 4 is 0 Å². The van der Waals surface area contributed by atoms with Crippen molar-refractivity contribution in [3.8, 4) is 0 Å². The van der Waals surface area contributed by atoms with Gasteiger partial charge in [0.2, 0.25) is 0 Å². The summed E-state index contributed by atoms with van der Waals surface area (Å²) in [5.74, 6) is -1.03. The molecule has 0 aliphatic rings. The van der Waals surface area contributed by atoms with Crippen LogP contribution in [0.5, 0.6) is 0 Å². The van der Waals surface area contributed by atoms with Crippen molar-refractivity contribution < 1.29 is 18.3 Å². The van der Waals surface area contributed by atoms with Crippen LogP contribution in [-0.2, 0) is 0 Å². The van der Waals surface area contributed by atoms with Crippen LogP contribution in [0.1, 0.15) is 23.0 Å². The van der Waals surface area contributed by atoms with Crippen LogP contribution >= 0.6 is 0 Å². The van der Waals surface area contributed by atoms with Crippen molar-refractivity contribution in [3.05, 3.63) is 59.1 Å². The quantitative estimate of drug-likeness (QED) is 0.850. The average Bonchev–Trinajstić information content (AvgIpc) is 2.67. The van der Waals surface area contributed by atoms with Crippen LogP contribution in [0, 0.1) is 18.6 Å². The van der Waals surface area contributed by atoms with Crippen molar-refractivity contribution in [2.45, 2.75) is 13.0 Å². The molecule has 2 rings (SSSR count). The van der Waals surface area contributed by atoms with Crippen LogP contribution in [-0.4, -0.2) is 5.11 Å². The lowest BCUT2D eigenvalue weighted by Gasteiger charge is -2.10. The van der Waals surface area contributed by atoms with Gasteiger partial charge in [-0.3, -0.25) is 0 Å². The fourth-order valence-electron chi connectivity index (χ4n) is 1.53. The molecule has 0 spiro atoms. The molecule has 1 aromatic heterocycles. The van der Waals surface area contributed by atoms with Gasteiger partial charge in [0.15, 0.2) is 0 Å². The predicted octanol–water partition coefficient (Wildman–Crippen LogP) is 2.95. The van der Waals surface area contributed by atoms with Gasteiger partial charge in [0, 0.05) is 5.56 Å². The Kier molecular flexibility index (Phi) is 2.75. The van der Waals surface area contributed by atoms with E-state index in [-0.39, 0.29) is 11.3 Å². The zero-order valence-corrected chi connectivity index (χ0v) is 8.58. The first-order chi connectivity index (χ1) is 7.59. The number of aliphatic hydroxyl groups is 1. The predicted molar refractivity (Wildman–Crippen MR) is 53.9 cm³/mol. The normalized spacial score (nSPS) is 12.8. The van der Waals surface area contributed by atoms with Crippen LogP contribution in [0.4, 0.5) is 8.78 Å². The van der Waals surface area contributed by atoms with Gasteiger partial charge in [0.25, 0.3) is 0 Å². The van der Waals surface area contributed by atoms with Crippen LogP contribution in [0.2, 0.25) is 0 Å². The highest BCUT2D eigenvalue weighted by atomic mass is 19.1. The molecule has 84 valence electrons. The SMILES string of the molecule is Cc1ccoc1C(O)c1cc(F)ccc1F. The van der Waals surface area contributed by atoms with E-state index in [0.29, 0.717) is 5.56 Å². The minimum absolute atomic E-state index is 0.127. The van der Waals surface area contributed by atoms with E-state index in [1.54, 1.807) is 13.0 Å². The minimum Gasteiger partial charge on any atom is -0.466 e. The number of furan rings is 1. The van der Waals surface area contributed by atoms with Crippen LogP contribution in [0.25, 0.3) is 0 Å². The second kappa shape index (κ2) is 4.06. The maximum Gasteiger partial charge on any atom is 0.140 e. The number of hydrogen-bond acceptors (Lipinski definition) is 2. The Morgan fingerprint density at radius 2 is 2.00 bits per heavy atom. The molecule has 0 amide bonds. The summed E-state index contributed by atoms with van der Waals surface area (Å²) >= 11 is 0. The molecular formula is C12H10F2O2. The summed E-state index contributed by atoms with van der Waals surface area (Å²) in [6, 6.07) is 4.59. The second-order valence-electron chi connectivity index (χ2n) is 3.54. The molecule has 2 nitrogen and oxygen atoms in total. The molecule has 1 heterocycles. The van der Waals surface area contributed by atoms with E-state index in [4.69, 9.17) is 4.42 Å². The van der Waals surface area contributed by atoms with Gasteiger partial charge in [-0.1, -0.05) is 0 Å². The first-order valence-electron chi connectivity index (χ1n) is 4.76. The first kappa shape index (κ1) is 10.8. The van der Waals surface area contributed by atoms with Gasteiger partial charge >= 0.3 is 0 Å². The number of aryl methyl sites for hydroxylation is 1. The average molecular weight is 224 g/mol. The molecule has 0 aliphatic heterocycles. The summed E-state index contributed by atoms with van der Waals surface area (Å²) in [4.78, 5) is 0. The summed E-state index contributed by atoms with van der Waals surface area (Å²) < 4.78 is 31.4. The highest BCUT2D eigenvalue weighted by Crippen LogP contribution is 2.27. The fraction of sp³-hybridized carbons (Fsp3) is 0.167. The molecule has 0 aliphatic carbocycles. The number of rotatable bonds is 2. The first-order valence-corrected chi connectivity index (χ1v) is 4.76. The third-order valence-corrected chi connectivity index (χ3v) is 2.40. The van der Waals surface area contributed by atoms with Crippen LogP contribution < -0.4 is 0 Å². The number of halogens is 2. The topological polar surface area (TPSA) is 33.4 Å². The number of hydrogen-bond donors (Lipinski definition) is 1. The molecule has 2 aromatic rings. The van der Waals surface area contributed by atoms with E-state index >= 15 is 0 Å². The highest BCUT2D eigenvalue weighted by molar-refractivity contribution is 5.30. The van der Waals surface area contributed by atoms with E-state index in [2.05, 4.69) is 0 Å². The van der Waals surface area contributed by atoms with Crippen LogP contribution in [0.3, 0.4) is 0 Å². The lowest BCUT2D eigenvalue weighted by Crippen LogP contribution is -2.03. The molecular weight excluding hydrogens is 214 g/mol. The minimum atomic E-state index is -1.29. The third-order valence-electron chi connectivity index (χ3n) is 2.40. The Morgan fingerprint density at radius 1 is 1.25 bits per heavy atom. The molecule has 4 heteroatoms. The summed E-state index contributed by atoms with van der Waals surface area (Å²) in [6.45, 7) is 1.72. The second-order valence-corrected chi connectivity index (χ2v) is 3.54. The molecule has 1 aromatic carbocycles. The number of aliphatic hydroxyl groups excluding tert-OH is 1.